The number of aryl methyl sites for hydroxylation is 1. The zero-order valence-corrected chi connectivity index (χ0v) is 12.1. The Labute approximate surface area is 126 Å². The van der Waals surface area contributed by atoms with Gasteiger partial charge in [0, 0.05) is 23.2 Å². The van der Waals surface area contributed by atoms with Crippen LogP contribution in [0.5, 0.6) is 5.75 Å². The van der Waals surface area contributed by atoms with E-state index in [2.05, 4.69) is 4.98 Å². The summed E-state index contributed by atoms with van der Waals surface area (Å²) in [4.78, 5) is 15.6. The monoisotopic (exact) mass is 301 g/mol. The van der Waals surface area contributed by atoms with Crippen LogP contribution in [0, 0.1) is 6.92 Å². The first-order valence-corrected chi connectivity index (χ1v) is 6.78. The Bertz CT molecular complexity index is 843. The second kappa shape index (κ2) is 5.58. The first kappa shape index (κ1) is 13.6. The second-order valence-electron chi connectivity index (χ2n) is 4.59. The molecule has 5 heteroatoms. The molecule has 21 heavy (non-hydrogen) atoms. The van der Waals surface area contributed by atoms with E-state index in [9.17, 15) is 4.79 Å². The molecule has 0 radical (unpaired) electrons. The van der Waals surface area contributed by atoms with Gasteiger partial charge in [0.05, 0.1) is 10.7 Å². The third-order valence-corrected chi connectivity index (χ3v) is 3.48. The summed E-state index contributed by atoms with van der Waals surface area (Å²) in [6.07, 6.45) is 1.71. The number of pyridine rings is 1. The molecule has 0 saturated heterocycles. The predicted molar refractivity (Wildman–Crippen MR) is 80.8 cm³/mol. The molecule has 0 aliphatic carbocycles. The van der Waals surface area contributed by atoms with Crippen molar-refractivity contribution >= 4 is 22.6 Å². The lowest BCUT2D eigenvalue weighted by molar-refractivity contribution is 0.299. The number of hydrogen-bond donors (Lipinski definition) is 0. The van der Waals surface area contributed by atoms with E-state index < -0.39 is 5.63 Å². The van der Waals surface area contributed by atoms with Crippen LogP contribution in [0.25, 0.3) is 11.0 Å². The van der Waals surface area contributed by atoms with Crippen molar-refractivity contribution in [3.63, 3.8) is 0 Å². The van der Waals surface area contributed by atoms with Gasteiger partial charge in [-0.3, -0.25) is 4.98 Å². The molecule has 2 heterocycles. The Balaban J connectivity index is 1.97. The lowest BCUT2D eigenvalue weighted by Crippen LogP contribution is -2.01. The molecule has 2 aromatic heterocycles. The van der Waals surface area contributed by atoms with E-state index in [4.69, 9.17) is 20.8 Å². The summed E-state index contributed by atoms with van der Waals surface area (Å²) in [7, 11) is 0. The van der Waals surface area contributed by atoms with Crippen molar-refractivity contribution in [1.29, 1.82) is 0 Å². The molecule has 4 nitrogen and oxygen atoms in total. The standard InChI is InChI=1S/C16H12ClNO3/c1-10-14(20-9-11-4-2-3-7-18-11)6-5-12-13(17)8-15(19)21-16(10)12/h2-8H,9H2,1H3. The van der Waals surface area contributed by atoms with Crippen LogP contribution in [0.3, 0.4) is 0 Å². The van der Waals surface area contributed by atoms with Crippen LogP contribution >= 0.6 is 11.6 Å². The van der Waals surface area contributed by atoms with Gasteiger partial charge in [0.2, 0.25) is 0 Å². The fraction of sp³-hybridized carbons (Fsp3) is 0.125. The molecule has 0 atom stereocenters. The molecule has 0 N–H and O–H groups in total. The van der Waals surface area contributed by atoms with Crippen LogP contribution < -0.4 is 10.4 Å². The van der Waals surface area contributed by atoms with Crippen LogP contribution in [0.2, 0.25) is 5.02 Å². The van der Waals surface area contributed by atoms with Crippen LogP contribution in [-0.4, -0.2) is 4.98 Å². The molecule has 1 aromatic carbocycles. The lowest BCUT2D eigenvalue weighted by atomic mass is 10.1. The van der Waals surface area contributed by atoms with Gasteiger partial charge in [0.25, 0.3) is 0 Å². The number of rotatable bonds is 3. The molecule has 0 fully saturated rings. The zero-order valence-electron chi connectivity index (χ0n) is 11.3. The summed E-state index contributed by atoms with van der Waals surface area (Å²) >= 11 is 6.05. The molecule has 0 unspecified atom stereocenters. The van der Waals surface area contributed by atoms with Crippen molar-refractivity contribution in [2.45, 2.75) is 13.5 Å². The normalized spacial score (nSPS) is 10.8. The van der Waals surface area contributed by atoms with Crippen molar-refractivity contribution in [1.82, 2.24) is 4.98 Å². The minimum Gasteiger partial charge on any atom is -0.487 e. The minimum absolute atomic E-state index is 0.345. The molecular formula is C16H12ClNO3. The summed E-state index contributed by atoms with van der Waals surface area (Å²) in [5.74, 6) is 0.638. The highest BCUT2D eigenvalue weighted by atomic mass is 35.5. The lowest BCUT2D eigenvalue weighted by Gasteiger charge is -2.10. The Morgan fingerprint density at radius 3 is 2.90 bits per heavy atom. The fourth-order valence-corrected chi connectivity index (χ4v) is 2.33. The molecule has 106 valence electrons. The van der Waals surface area contributed by atoms with Crippen molar-refractivity contribution < 1.29 is 9.15 Å². The molecule has 3 rings (SSSR count). The summed E-state index contributed by atoms with van der Waals surface area (Å²) in [6.45, 7) is 2.17. The topological polar surface area (TPSA) is 52.3 Å². The van der Waals surface area contributed by atoms with Crippen LogP contribution in [0.4, 0.5) is 0 Å². The maximum atomic E-state index is 11.4. The number of benzene rings is 1. The van der Waals surface area contributed by atoms with E-state index in [0.717, 1.165) is 11.3 Å². The Kier molecular flexibility index (Phi) is 3.62. The number of nitrogens with zero attached hydrogens (tertiary/aromatic N) is 1. The Hall–Kier alpha value is -2.33. The molecular weight excluding hydrogens is 290 g/mol. The number of halogens is 1. The highest BCUT2D eigenvalue weighted by Gasteiger charge is 2.11. The molecule has 0 saturated carbocycles. The first-order chi connectivity index (χ1) is 10.1. The van der Waals surface area contributed by atoms with Crippen molar-refractivity contribution in [3.05, 3.63) is 69.3 Å². The van der Waals surface area contributed by atoms with E-state index in [1.807, 2.05) is 31.2 Å². The Morgan fingerprint density at radius 2 is 2.14 bits per heavy atom. The maximum Gasteiger partial charge on any atom is 0.337 e. The van der Waals surface area contributed by atoms with E-state index in [0.29, 0.717) is 28.3 Å². The van der Waals surface area contributed by atoms with Gasteiger partial charge in [0.1, 0.15) is 17.9 Å². The molecule has 3 aromatic rings. The first-order valence-electron chi connectivity index (χ1n) is 6.41. The summed E-state index contributed by atoms with van der Waals surface area (Å²) in [5, 5.41) is 1.07. The van der Waals surface area contributed by atoms with Crippen LogP contribution in [0.15, 0.2) is 51.8 Å². The van der Waals surface area contributed by atoms with Gasteiger partial charge in [-0.25, -0.2) is 4.79 Å². The molecule has 0 amide bonds. The molecule has 0 aliphatic heterocycles. The summed E-state index contributed by atoms with van der Waals surface area (Å²) in [6, 6.07) is 10.5. The highest BCUT2D eigenvalue weighted by molar-refractivity contribution is 6.35. The number of ether oxygens (including phenoxy) is 1. The van der Waals surface area contributed by atoms with Crippen LogP contribution in [-0.2, 0) is 6.61 Å². The minimum atomic E-state index is -0.475. The van der Waals surface area contributed by atoms with E-state index >= 15 is 0 Å². The van der Waals surface area contributed by atoms with Gasteiger partial charge >= 0.3 is 5.63 Å². The predicted octanol–water partition coefficient (Wildman–Crippen LogP) is 3.73. The maximum absolute atomic E-state index is 11.4. The summed E-state index contributed by atoms with van der Waals surface area (Å²) in [5.41, 5.74) is 1.54. The summed E-state index contributed by atoms with van der Waals surface area (Å²) < 4.78 is 11.0. The van der Waals surface area contributed by atoms with E-state index in [1.165, 1.54) is 6.07 Å². The van der Waals surface area contributed by atoms with Crippen molar-refractivity contribution in [2.75, 3.05) is 0 Å². The van der Waals surface area contributed by atoms with Crippen LogP contribution in [0.1, 0.15) is 11.3 Å². The molecule has 0 aliphatic rings. The van der Waals surface area contributed by atoms with E-state index in [-0.39, 0.29) is 0 Å². The quantitative estimate of drug-likeness (QED) is 0.692. The number of hydrogen-bond acceptors (Lipinski definition) is 4. The SMILES string of the molecule is Cc1c(OCc2ccccn2)ccc2c(Cl)cc(=O)oc12. The fourth-order valence-electron chi connectivity index (χ4n) is 2.10. The van der Waals surface area contributed by atoms with Gasteiger partial charge in [-0.15, -0.1) is 0 Å². The van der Waals surface area contributed by atoms with E-state index in [1.54, 1.807) is 12.3 Å². The van der Waals surface area contributed by atoms with Crippen molar-refractivity contribution in [3.8, 4) is 5.75 Å². The second-order valence-corrected chi connectivity index (χ2v) is 5.00. The molecule has 0 bridgehead atoms. The zero-order chi connectivity index (χ0) is 14.8. The smallest absolute Gasteiger partial charge is 0.337 e. The largest absolute Gasteiger partial charge is 0.487 e. The van der Waals surface area contributed by atoms with Gasteiger partial charge in [-0.05, 0) is 31.2 Å². The van der Waals surface area contributed by atoms with Crippen molar-refractivity contribution in [2.24, 2.45) is 0 Å². The third-order valence-electron chi connectivity index (χ3n) is 3.16. The Morgan fingerprint density at radius 1 is 1.29 bits per heavy atom. The molecule has 0 spiro atoms. The van der Waals surface area contributed by atoms with Gasteiger partial charge < -0.3 is 9.15 Å². The van der Waals surface area contributed by atoms with Gasteiger partial charge in [-0.2, -0.15) is 0 Å². The third kappa shape index (κ3) is 2.76. The van der Waals surface area contributed by atoms with Gasteiger partial charge in [0.15, 0.2) is 0 Å². The number of fused-ring (bicyclic) bond motifs is 1. The average molecular weight is 302 g/mol. The average Bonchev–Trinajstić information content (AvgIpc) is 2.48. The van der Waals surface area contributed by atoms with Gasteiger partial charge in [-0.1, -0.05) is 17.7 Å². The highest BCUT2D eigenvalue weighted by Crippen LogP contribution is 2.30. The number of aromatic nitrogens is 1.